The minimum atomic E-state index is -0.902. The zero-order valence-corrected chi connectivity index (χ0v) is 14.0. The first kappa shape index (κ1) is 17.5. The van der Waals surface area contributed by atoms with E-state index in [4.69, 9.17) is 9.47 Å². The molecule has 24 heavy (non-hydrogen) atoms. The van der Waals surface area contributed by atoms with E-state index in [9.17, 15) is 9.59 Å². The average Bonchev–Trinajstić information content (AvgIpc) is 2.56. The Morgan fingerprint density at radius 3 is 2.42 bits per heavy atom. The summed E-state index contributed by atoms with van der Waals surface area (Å²) in [5.41, 5.74) is 2.88. The Kier molecular flexibility index (Phi) is 5.95. The average molecular weight is 327 g/mol. The lowest BCUT2D eigenvalue weighted by molar-refractivity contribution is -0.155. The van der Waals surface area contributed by atoms with Crippen molar-refractivity contribution in [2.24, 2.45) is 0 Å². The molecule has 0 aliphatic rings. The fraction of sp³-hybridized carbons (Fsp3) is 0.263. The number of aryl methyl sites for hydroxylation is 2. The van der Waals surface area contributed by atoms with Crippen molar-refractivity contribution < 1.29 is 19.1 Å². The summed E-state index contributed by atoms with van der Waals surface area (Å²) in [5.74, 6) is -0.388. The van der Waals surface area contributed by atoms with Crippen molar-refractivity contribution in [2.45, 2.75) is 26.9 Å². The van der Waals surface area contributed by atoms with E-state index in [1.807, 2.05) is 44.2 Å². The number of amides is 1. The van der Waals surface area contributed by atoms with Crippen molar-refractivity contribution in [1.29, 1.82) is 0 Å². The number of anilines is 1. The van der Waals surface area contributed by atoms with Gasteiger partial charge in [0.2, 0.25) is 0 Å². The van der Waals surface area contributed by atoms with Crippen molar-refractivity contribution in [1.82, 2.24) is 0 Å². The van der Waals surface area contributed by atoms with Gasteiger partial charge in [0.1, 0.15) is 5.75 Å². The summed E-state index contributed by atoms with van der Waals surface area (Å²) in [6.45, 7) is 5.24. The molecule has 1 N–H and O–H groups in total. The molecule has 0 spiro atoms. The predicted octanol–water partition coefficient (Wildman–Crippen LogP) is 3.25. The molecule has 0 saturated heterocycles. The number of hydrogen-bond acceptors (Lipinski definition) is 4. The van der Waals surface area contributed by atoms with Gasteiger partial charge < -0.3 is 14.8 Å². The molecule has 0 heterocycles. The molecule has 0 aliphatic heterocycles. The molecule has 2 rings (SSSR count). The van der Waals surface area contributed by atoms with Crippen molar-refractivity contribution in [2.75, 3.05) is 11.9 Å². The predicted molar refractivity (Wildman–Crippen MR) is 92.0 cm³/mol. The second kappa shape index (κ2) is 8.15. The lowest BCUT2D eigenvalue weighted by Gasteiger charge is -2.14. The number of carbonyl (C=O) groups is 2. The van der Waals surface area contributed by atoms with Crippen LogP contribution in [0.15, 0.2) is 48.5 Å². The first-order valence-electron chi connectivity index (χ1n) is 7.71. The number of benzene rings is 2. The van der Waals surface area contributed by atoms with Crippen LogP contribution in [0.2, 0.25) is 0 Å². The first-order valence-corrected chi connectivity index (χ1v) is 7.71. The highest BCUT2D eigenvalue weighted by molar-refractivity contribution is 5.95. The van der Waals surface area contributed by atoms with Gasteiger partial charge in [0.25, 0.3) is 5.91 Å². The van der Waals surface area contributed by atoms with Crippen LogP contribution in [0, 0.1) is 13.8 Å². The molecule has 0 aliphatic carbocycles. The second-order valence-corrected chi connectivity index (χ2v) is 5.52. The quantitative estimate of drug-likeness (QED) is 0.827. The van der Waals surface area contributed by atoms with Crippen molar-refractivity contribution in [3.63, 3.8) is 0 Å². The zero-order chi connectivity index (χ0) is 17.5. The maximum Gasteiger partial charge on any atom is 0.344 e. The van der Waals surface area contributed by atoms with E-state index < -0.39 is 12.1 Å². The highest BCUT2D eigenvalue weighted by atomic mass is 16.6. The van der Waals surface area contributed by atoms with Gasteiger partial charge in [-0.15, -0.1) is 0 Å². The summed E-state index contributed by atoms with van der Waals surface area (Å²) in [6, 6.07) is 14.6. The van der Waals surface area contributed by atoms with Crippen LogP contribution in [-0.4, -0.2) is 24.6 Å². The van der Waals surface area contributed by atoms with Gasteiger partial charge in [0.05, 0.1) is 0 Å². The largest absolute Gasteiger partial charge is 0.482 e. The van der Waals surface area contributed by atoms with Crippen molar-refractivity contribution >= 4 is 17.6 Å². The van der Waals surface area contributed by atoms with Gasteiger partial charge in [0, 0.05) is 5.69 Å². The van der Waals surface area contributed by atoms with Gasteiger partial charge in [-0.05, 0) is 56.2 Å². The lowest BCUT2D eigenvalue weighted by Crippen LogP contribution is -2.31. The topological polar surface area (TPSA) is 64.6 Å². The standard InChI is InChI=1S/C19H21NO4/c1-13-9-10-17(11-14(13)2)23-12-18(21)24-15(3)19(22)20-16-7-5-4-6-8-16/h4-11,15H,12H2,1-3H3,(H,20,22). The SMILES string of the molecule is Cc1ccc(OCC(=O)OC(C)C(=O)Nc2ccccc2)cc1C. The Bertz CT molecular complexity index is 713. The fourth-order valence-corrected chi connectivity index (χ4v) is 2.00. The molecule has 5 nitrogen and oxygen atoms in total. The van der Waals surface area contributed by atoms with E-state index in [1.165, 1.54) is 6.92 Å². The third-order valence-corrected chi connectivity index (χ3v) is 3.55. The van der Waals surface area contributed by atoms with Crippen LogP contribution in [0.5, 0.6) is 5.75 Å². The van der Waals surface area contributed by atoms with Crippen molar-refractivity contribution in [3.05, 3.63) is 59.7 Å². The van der Waals surface area contributed by atoms with Gasteiger partial charge in [-0.25, -0.2) is 4.79 Å². The van der Waals surface area contributed by atoms with Crippen LogP contribution in [0.3, 0.4) is 0 Å². The highest BCUT2D eigenvalue weighted by Gasteiger charge is 2.18. The minimum absolute atomic E-state index is 0.245. The smallest absolute Gasteiger partial charge is 0.344 e. The van der Waals surface area contributed by atoms with Crippen LogP contribution in [0.25, 0.3) is 0 Å². The number of nitrogens with one attached hydrogen (secondary N) is 1. The number of carbonyl (C=O) groups excluding carboxylic acids is 2. The van der Waals surface area contributed by atoms with E-state index in [0.29, 0.717) is 11.4 Å². The normalized spacial score (nSPS) is 11.5. The maximum absolute atomic E-state index is 12.0. The maximum atomic E-state index is 12.0. The summed E-state index contributed by atoms with van der Waals surface area (Å²) in [6.07, 6.45) is -0.902. The summed E-state index contributed by atoms with van der Waals surface area (Å²) < 4.78 is 10.5. The van der Waals surface area contributed by atoms with Crippen LogP contribution in [-0.2, 0) is 14.3 Å². The van der Waals surface area contributed by atoms with E-state index >= 15 is 0 Å². The van der Waals surface area contributed by atoms with E-state index in [-0.39, 0.29) is 12.5 Å². The third kappa shape index (κ3) is 5.12. The van der Waals surface area contributed by atoms with Crippen LogP contribution >= 0.6 is 0 Å². The Balaban J connectivity index is 1.80. The molecule has 1 unspecified atom stereocenters. The van der Waals surface area contributed by atoms with E-state index in [1.54, 1.807) is 18.2 Å². The van der Waals surface area contributed by atoms with Gasteiger partial charge in [-0.1, -0.05) is 24.3 Å². The van der Waals surface area contributed by atoms with Gasteiger partial charge in [-0.3, -0.25) is 4.79 Å². The third-order valence-electron chi connectivity index (χ3n) is 3.55. The van der Waals surface area contributed by atoms with Gasteiger partial charge >= 0.3 is 5.97 Å². The number of esters is 1. The van der Waals surface area contributed by atoms with E-state index in [0.717, 1.165) is 11.1 Å². The molecule has 1 amide bonds. The summed E-state index contributed by atoms with van der Waals surface area (Å²) in [7, 11) is 0. The fourth-order valence-electron chi connectivity index (χ4n) is 2.00. The van der Waals surface area contributed by atoms with Crippen molar-refractivity contribution in [3.8, 4) is 5.75 Å². The van der Waals surface area contributed by atoms with Gasteiger partial charge in [0.15, 0.2) is 12.7 Å². The molecule has 126 valence electrons. The van der Waals surface area contributed by atoms with Crippen LogP contribution in [0.1, 0.15) is 18.1 Å². The highest BCUT2D eigenvalue weighted by Crippen LogP contribution is 2.16. The molecule has 1 atom stereocenters. The number of rotatable bonds is 6. The molecule has 0 radical (unpaired) electrons. The second-order valence-electron chi connectivity index (χ2n) is 5.52. The number of para-hydroxylation sites is 1. The molecular weight excluding hydrogens is 306 g/mol. The Morgan fingerprint density at radius 2 is 1.75 bits per heavy atom. The van der Waals surface area contributed by atoms with Crippen LogP contribution in [0.4, 0.5) is 5.69 Å². The first-order chi connectivity index (χ1) is 11.5. The number of ether oxygens (including phenoxy) is 2. The van der Waals surface area contributed by atoms with Gasteiger partial charge in [-0.2, -0.15) is 0 Å². The Hall–Kier alpha value is -2.82. The molecule has 5 heteroatoms. The zero-order valence-electron chi connectivity index (χ0n) is 14.0. The number of hydrogen-bond donors (Lipinski definition) is 1. The minimum Gasteiger partial charge on any atom is -0.482 e. The molecule has 0 aromatic heterocycles. The molecule has 0 saturated carbocycles. The monoisotopic (exact) mass is 327 g/mol. The molecular formula is C19H21NO4. The summed E-state index contributed by atoms with van der Waals surface area (Å²) in [4.78, 5) is 23.8. The molecule has 0 bridgehead atoms. The van der Waals surface area contributed by atoms with E-state index in [2.05, 4.69) is 5.32 Å². The Morgan fingerprint density at radius 1 is 1.04 bits per heavy atom. The lowest BCUT2D eigenvalue weighted by atomic mass is 10.1. The molecule has 2 aromatic rings. The summed E-state index contributed by atoms with van der Waals surface area (Å²) >= 11 is 0. The van der Waals surface area contributed by atoms with Crippen LogP contribution < -0.4 is 10.1 Å². The summed E-state index contributed by atoms with van der Waals surface area (Å²) in [5, 5.41) is 2.68. The molecule has 2 aromatic carbocycles. The Labute approximate surface area is 141 Å². The molecule has 0 fully saturated rings.